The molecule has 0 fully saturated rings. The summed E-state index contributed by atoms with van der Waals surface area (Å²) in [7, 11) is 0. The SMILES string of the molecule is Nc1nnc(-c2ccc3ccccc3n2)n1N. The minimum Gasteiger partial charge on any atom is -0.366 e. The van der Waals surface area contributed by atoms with Gasteiger partial charge in [0.2, 0.25) is 11.8 Å². The number of fused-ring (bicyclic) bond motifs is 1. The Hall–Kier alpha value is -2.63. The Morgan fingerprint density at radius 2 is 1.82 bits per heavy atom. The second-order valence-electron chi connectivity index (χ2n) is 3.64. The fraction of sp³-hybridized carbons (Fsp3) is 0. The second-order valence-corrected chi connectivity index (χ2v) is 3.64. The van der Waals surface area contributed by atoms with Crippen molar-refractivity contribution in [2.45, 2.75) is 0 Å². The van der Waals surface area contributed by atoms with Gasteiger partial charge in [0.05, 0.1) is 5.52 Å². The highest BCUT2D eigenvalue weighted by atomic mass is 15.4. The molecule has 0 unspecified atom stereocenters. The minimum atomic E-state index is 0.162. The summed E-state index contributed by atoms with van der Waals surface area (Å²) in [6.07, 6.45) is 0. The molecule has 17 heavy (non-hydrogen) atoms. The molecule has 0 bridgehead atoms. The lowest BCUT2D eigenvalue weighted by atomic mass is 10.2. The first-order valence-corrected chi connectivity index (χ1v) is 5.08. The molecule has 2 heterocycles. The van der Waals surface area contributed by atoms with Gasteiger partial charge in [-0.2, -0.15) is 0 Å². The molecule has 3 aromatic rings. The molecule has 6 heteroatoms. The molecule has 0 radical (unpaired) electrons. The van der Waals surface area contributed by atoms with E-state index in [0.29, 0.717) is 11.5 Å². The lowest BCUT2D eigenvalue weighted by molar-refractivity contribution is 1.01. The third-order valence-corrected chi connectivity index (χ3v) is 2.55. The van der Waals surface area contributed by atoms with Crippen LogP contribution in [0.25, 0.3) is 22.4 Å². The molecular formula is C11H10N6. The van der Waals surface area contributed by atoms with E-state index in [2.05, 4.69) is 15.2 Å². The van der Waals surface area contributed by atoms with Gasteiger partial charge < -0.3 is 11.6 Å². The maximum absolute atomic E-state index is 5.71. The normalized spacial score (nSPS) is 10.8. The average molecular weight is 226 g/mol. The smallest absolute Gasteiger partial charge is 0.241 e. The van der Waals surface area contributed by atoms with Crippen LogP contribution in [0.15, 0.2) is 36.4 Å². The molecule has 0 spiro atoms. The summed E-state index contributed by atoms with van der Waals surface area (Å²) in [5, 5.41) is 8.65. The Balaban J connectivity index is 2.21. The first kappa shape index (κ1) is 9.59. The summed E-state index contributed by atoms with van der Waals surface area (Å²) in [6.45, 7) is 0. The summed E-state index contributed by atoms with van der Waals surface area (Å²) in [5.41, 5.74) is 7.06. The number of rotatable bonds is 1. The molecule has 84 valence electrons. The standard InChI is InChI=1S/C11H10N6/c12-11-16-15-10(17(11)13)9-6-5-7-3-1-2-4-8(7)14-9/h1-6H,13H2,(H2,12,16). The van der Waals surface area contributed by atoms with E-state index in [1.54, 1.807) is 0 Å². The molecule has 3 rings (SSSR count). The van der Waals surface area contributed by atoms with Crippen LogP contribution in [-0.4, -0.2) is 19.9 Å². The average Bonchev–Trinajstić information content (AvgIpc) is 2.70. The summed E-state index contributed by atoms with van der Waals surface area (Å²) >= 11 is 0. The van der Waals surface area contributed by atoms with Crippen molar-refractivity contribution < 1.29 is 0 Å². The summed E-state index contributed by atoms with van der Waals surface area (Å²) < 4.78 is 1.22. The molecule has 0 aliphatic heterocycles. The third kappa shape index (κ3) is 1.46. The van der Waals surface area contributed by atoms with Gasteiger partial charge in [-0.05, 0) is 12.1 Å². The van der Waals surface area contributed by atoms with Gasteiger partial charge >= 0.3 is 0 Å². The minimum absolute atomic E-state index is 0.162. The number of para-hydroxylation sites is 1. The number of nitrogen functional groups attached to an aromatic ring is 2. The van der Waals surface area contributed by atoms with Gasteiger partial charge in [0, 0.05) is 5.39 Å². The van der Waals surface area contributed by atoms with Crippen LogP contribution in [0.2, 0.25) is 0 Å². The van der Waals surface area contributed by atoms with Crippen molar-refractivity contribution in [2.75, 3.05) is 11.6 Å². The van der Waals surface area contributed by atoms with Gasteiger partial charge in [-0.15, -0.1) is 10.2 Å². The number of hydrogen-bond acceptors (Lipinski definition) is 5. The van der Waals surface area contributed by atoms with Crippen molar-refractivity contribution in [3.8, 4) is 11.5 Å². The Morgan fingerprint density at radius 3 is 2.59 bits per heavy atom. The predicted octanol–water partition coefficient (Wildman–Crippen LogP) is 0.789. The maximum atomic E-state index is 5.71. The van der Waals surface area contributed by atoms with Crippen LogP contribution in [0.1, 0.15) is 0 Å². The summed E-state index contributed by atoms with van der Waals surface area (Å²) in [5.74, 6) is 6.32. The van der Waals surface area contributed by atoms with E-state index in [0.717, 1.165) is 10.9 Å². The molecule has 0 saturated heterocycles. The van der Waals surface area contributed by atoms with Crippen LogP contribution < -0.4 is 11.6 Å². The largest absolute Gasteiger partial charge is 0.366 e. The van der Waals surface area contributed by atoms with Crippen LogP contribution in [0.3, 0.4) is 0 Å². The van der Waals surface area contributed by atoms with Crippen molar-refractivity contribution in [3.05, 3.63) is 36.4 Å². The fourth-order valence-electron chi connectivity index (χ4n) is 1.67. The van der Waals surface area contributed by atoms with E-state index in [1.807, 2.05) is 36.4 Å². The van der Waals surface area contributed by atoms with Crippen molar-refractivity contribution in [2.24, 2.45) is 0 Å². The summed E-state index contributed by atoms with van der Waals surface area (Å²) in [6, 6.07) is 11.6. The number of pyridine rings is 1. The van der Waals surface area contributed by atoms with Crippen LogP contribution in [0.4, 0.5) is 5.95 Å². The lowest BCUT2D eigenvalue weighted by Crippen LogP contribution is -2.13. The second kappa shape index (κ2) is 3.44. The Labute approximate surface area is 96.9 Å². The first-order chi connectivity index (χ1) is 8.25. The van der Waals surface area contributed by atoms with Crippen molar-refractivity contribution >= 4 is 16.9 Å². The van der Waals surface area contributed by atoms with E-state index in [9.17, 15) is 0 Å². The van der Waals surface area contributed by atoms with E-state index in [4.69, 9.17) is 11.6 Å². The van der Waals surface area contributed by atoms with E-state index < -0.39 is 0 Å². The fourth-order valence-corrected chi connectivity index (χ4v) is 1.67. The highest BCUT2D eigenvalue weighted by Crippen LogP contribution is 2.19. The Morgan fingerprint density at radius 1 is 1.00 bits per heavy atom. The summed E-state index contributed by atoms with van der Waals surface area (Å²) in [4.78, 5) is 4.46. The van der Waals surface area contributed by atoms with Crippen LogP contribution in [-0.2, 0) is 0 Å². The highest BCUT2D eigenvalue weighted by molar-refractivity contribution is 5.80. The van der Waals surface area contributed by atoms with Gasteiger partial charge in [0.25, 0.3) is 0 Å². The van der Waals surface area contributed by atoms with E-state index in [-0.39, 0.29) is 5.95 Å². The van der Waals surface area contributed by atoms with Crippen LogP contribution >= 0.6 is 0 Å². The zero-order chi connectivity index (χ0) is 11.8. The first-order valence-electron chi connectivity index (χ1n) is 5.08. The molecule has 4 N–H and O–H groups in total. The van der Waals surface area contributed by atoms with Gasteiger partial charge in [-0.1, -0.05) is 24.3 Å². The van der Waals surface area contributed by atoms with Crippen LogP contribution in [0, 0.1) is 0 Å². The zero-order valence-electron chi connectivity index (χ0n) is 8.91. The van der Waals surface area contributed by atoms with Gasteiger partial charge in [0.15, 0.2) is 0 Å². The molecule has 1 aromatic carbocycles. The van der Waals surface area contributed by atoms with Crippen molar-refractivity contribution in [1.82, 2.24) is 19.9 Å². The highest BCUT2D eigenvalue weighted by Gasteiger charge is 2.10. The quantitative estimate of drug-likeness (QED) is 0.598. The molecule has 0 aliphatic rings. The molecule has 6 nitrogen and oxygen atoms in total. The number of benzene rings is 1. The molecular weight excluding hydrogens is 216 g/mol. The van der Waals surface area contributed by atoms with Gasteiger partial charge in [-0.25, -0.2) is 9.66 Å². The molecule has 0 atom stereocenters. The van der Waals surface area contributed by atoms with Gasteiger partial charge in [-0.3, -0.25) is 0 Å². The third-order valence-electron chi connectivity index (χ3n) is 2.55. The Bertz CT molecular complexity index is 687. The van der Waals surface area contributed by atoms with Gasteiger partial charge in [0.1, 0.15) is 5.69 Å². The maximum Gasteiger partial charge on any atom is 0.241 e. The topological polar surface area (TPSA) is 95.6 Å². The van der Waals surface area contributed by atoms with Crippen molar-refractivity contribution in [1.29, 1.82) is 0 Å². The monoisotopic (exact) mass is 226 g/mol. The lowest BCUT2D eigenvalue weighted by Gasteiger charge is -2.02. The van der Waals surface area contributed by atoms with Crippen LogP contribution in [0.5, 0.6) is 0 Å². The molecule has 0 amide bonds. The number of nitrogens with two attached hydrogens (primary N) is 2. The Kier molecular flexibility index (Phi) is 1.94. The molecule has 0 saturated carbocycles. The zero-order valence-corrected chi connectivity index (χ0v) is 8.91. The number of aromatic nitrogens is 4. The number of hydrogen-bond donors (Lipinski definition) is 2. The van der Waals surface area contributed by atoms with E-state index >= 15 is 0 Å². The molecule has 2 aromatic heterocycles. The number of anilines is 1. The van der Waals surface area contributed by atoms with E-state index in [1.165, 1.54) is 4.68 Å². The number of nitrogens with zero attached hydrogens (tertiary/aromatic N) is 4. The van der Waals surface area contributed by atoms with Crippen molar-refractivity contribution in [3.63, 3.8) is 0 Å². The molecule has 0 aliphatic carbocycles. The predicted molar refractivity (Wildman–Crippen MR) is 65.3 cm³/mol.